The number of carbonyl (C=O) groups excluding carboxylic acids is 1. The van der Waals surface area contributed by atoms with E-state index in [4.69, 9.17) is 10.2 Å². The molecule has 0 spiro atoms. The van der Waals surface area contributed by atoms with Gasteiger partial charge in [-0.3, -0.25) is 4.90 Å². The lowest BCUT2D eigenvalue weighted by Crippen LogP contribution is -2.49. The number of aliphatic hydroxyl groups excluding tert-OH is 1. The molecule has 0 aliphatic heterocycles. The van der Waals surface area contributed by atoms with Crippen LogP contribution in [0.5, 0.6) is 0 Å². The smallest absolute Gasteiger partial charge is 0.326 e. The van der Waals surface area contributed by atoms with Gasteiger partial charge in [-0.25, -0.2) is 9.59 Å². The number of aliphatic carboxylic acids is 1. The van der Waals surface area contributed by atoms with Crippen molar-refractivity contribution in [2.75, 3.05) is 19.7 Å². The maximum absolute atomic E-state index is 11.6. The number of amides is 2. The number of aliphatic hydroxyl groups is 1. The minimum atomic E-state index is -1.15. The molecule has 0 rings (SSSR count). The van der Waals surface area contributed by atoms with E-state index < -0.39 is 18.0 Å². The average molecular weight is 289 g/mol. The van der Waals surface area contributed by atoms with E-state index in [1.807, 2.05) is 0 Å². The summed E-state index contributed by atoms with van der Waals surface area (Å²) in [5.41, 5.74) is 0. The first-order valence-electron chi connectivity index (χ1n) is 6.93. The molecular formula is C13H27N3O4. The first-order valence-corrected chi connectivity index (χ1v) is 6.93. The van der Waals surface area contributed by atoms with Gasteiger partial charge in [0.2, 0.25) is 0 Å². The molecule has 0 fully saturated rings. The molecule has 1 atom stereocenters. The number of nitrogens with zero attached hydrogens (tertiary/aromatic N) is 1. The van der Waals surface area contributed by atoms with Crippen molar-refractivity contribution in [3.63, 3.8) is 0 Å². The van der Waals surface area contributed by atoms with Crippen LogP contribution in [-0.4, -0.2) is 64.9 Å². The van der Waals surface area contributed by atoms with Crippen LogP contribution in [0.25, 0.3) is 0 Å². The van der Waals surface area contributed by atoms with Gasteiger partial charge in [-0.2, -0.15) is 0 Å². The molecule has 20 heavy (non-hydrogen) atoms. The molecule has 0 aliphatic rings. The van der Waals surface area contributed by atoms with E-state index >= 15 is 0 Å². The Morgan fingerprint density at radius 1 is 1.15 bits per heavy atom. The number of carboxylic acid groups (broad SMARTS) is 1. The van der Waals surface area contributed by atoms with Crippen molar-refractivity contribution >= 4 is 12.0 Å². The normalized spacial score (nSPS) is 12.8. The van der Waals surface area contributed by atoms with E-state index in [1.165, 1.54) is 0 Å². The van der Waals surface area contributed by atoms with E-state index in [0.717, 1.165) is 0 Å². The highest BCUT2D eigenvalue weighted by molar-refractivity contribution is 5.82. The maximum atomic E-state index is 11.6. The van der Waals surface area contributed by atoms with Crippen molar-refractivity contribution in [3.8, 4) is 0 Å². The van der Waals surface area contributed by atoms with Crippen molar-refractivity contribution in [2.45, 2.75) is 52.2 Å². The summed E-state index contributed by atoms with van der Waals surface area (Å²) in [6, 6.07) is -0.841. The van der Waals surface area contributed by atoms with Gasteiger partial charge in [0.05, 0.1) is 0 Å². The van der Waals surface area contributed by atoms with Crippen LogP contribution in [0.1, 0.15) is 34.1 Å². The van der Waals surface area contributed by atoms with Crippen molar-refractivity contribution < 1.29 is 19.8 Å². The number of nitrogens with one attached hydrogen (secondary N) is 2. The fourth-order valence-electron chi connectivity index (χ4n) is 2.01. The Balaban J connectivity index is 4.12. The monoisotopic (exact) mass is 289 g/mol. The second-order valence-corrected chi connectivity index (χ2v) is 5.23. The molecule has 0 unspecified atom stereocenters. The van der Waals surface area contributed by atoms with Crippen LogP contribution < -0.4 is 10.6 Å². The summed E-state index contributed by atoms with van der Waals surface area (Å²) in [5, 5.41) is 22.5. The zero-order valence-electron chi connectivity index (χ0n) is 12.7. The standard InChI is InChI=1S/C13H27N3O4/c1-9(2)16(10(3)4)7-6-14-13(20)15-11(5-8-17)12(18)19/h9-11,17H,5-8H2,1-4H3,(H,18,19)(H2,14,15,20)/t11-/m1/s1. The summed E-state index contributed by atoms with van der Waals surface area (Å²) >= 11 is 0. The maximum Gasteiger partial charge on any atom is 0.326 e. The topological polar surface area (TPSA) is 102 Å². The molecule has 118 valence electrons. The zero-order valence-corrected chi connectivity index (χ0v) is 12.7. The number of hydrogen-bond acceptors (Lipinski definition) is 4. The summed E-state index contributed by atoms with van der Waals surface area (Å²) in [6.07, 6.45) is -0.00708. The molecule has 0 heterocycles. The minimum Gasteiger partial charge on any atom is -0.480 e. The third-order valence-electron chi connectivity index (χ3n) is 3.00. The molecule has 4 N–H and O–H groups in total. The van der Waals surface area contributed by atoms with Crippen LogP contribution >= 0.6 is 0 Å². The predicted octanol–water partition coefficient (Wildman–Crippen LogP) is 0.240. The second kappa shape index (κ2) is 9.55. The van der Waals surface area contributed by atoms with Crippen LogP contribution in [0.4, 0.5) is 4.79 Å². The number of urea groups is 1. The summed E-state index contributed by atoms with van der Waals surface area (Å²) < 4.78 is 0. The molecular weight excluding hydrogens is 262 g/mol. The molecule has 0 aromatic carbocycles. The third-order valence-corrected chi connectivity index (χ3v) is 3.00. The van der Waals surface area contributed by atoms with E-state index in [-0.39, 0.29) is 13.0 Å². The van der Waals surface area contributed by atoms with Crippen LogP contribution in [0.3, 0.4) is 0 Å². The lowest BCUT2D eigenvalue weighted by molar-refractivity contribution is -0.139. The molecule has 7 nitrogen and oxygen atoms in total. The molecule has 0 radical (unpaired) electrons. The Bertz CT molecular complexity index is 300. The summed E-state index contributed by atoms with van der Waals surface area (Å²) in [5.74, 6) is -1.15. The van der Waals surface area contributed by atoms with Gasteiger partial charge in [-0.1, -0.05) is 0 Å². The number of carboxylic acids is 1. The number of hydrogen-bond donors (Lipinski definition) is 4. The largest absolute Gasteiger partial charge is 0.480 e. The molecule has 0 aromatic heterocycles. The lowest BCUT2D eigenvalue weighted by atomic mass is 10.2. The Labute approximate surface area is 120 Å². The SMILES string of the molecule is CC(C)N(CCNC(=O)N[C@H](CCO)C(=O)O)C(C)C. The summed E-state index contributed by atoms with van der Waals surface area (Å²) in [4.78, 5) is 24.6. The van der Waals surface area contributed by atoms with Crippen molar-refractivity contribution in [1.29, 1.82) is 0 Å². The number of rotatable bonds is 9. The lowest BCUT2D eigenvalue weighted by Gasteiger charge is -2.30. The highest BCUT2D eigenvalue weighted by atomic mass is 16.4. The van der Waals surface area contributed by atoms with Crippen LogP contribution in [-0.2, 0) is 4.79 Å². The van der Waals surface area contributed by atoms with Crippen molar-refractivity contribution in [3.05, 3.63) is 0 Å². The van der Waals surface area contributed by atoms with E-state index in [0.29, 0.717) is 25.2 Å². The molecule has 2 amide bonds. The van der Waals surface area contributed by atoms with Crippen LogP contribution in [0.2, 0.25) is 0 Å². The quantitative estimate of drug-likeness (QED) is 0.487. The Kier molecular flexibility index (Phi) is 8.91. The summed E-state index contributed by atoms with van der Waals surface area (Å²) in [6.45, 7) is 9.19. The Hall–Kier alpha value is -1.34. The highest BCUT2D eigenvalue weighted by Gasteiger charge is 2.19. The zero-order chi connectivity index (χ0) is 15.7. The molecule has 0 saturated heterocycles. The van der Waals surface area contributed by atoms with Gasteiger partial charge in [0.1, 0.15) is 6.04 Å². The molecule has 0 aromatic rings. The van der Waals surface area contributed by atoms with Gasteiger partial charge in [0.25, 0.3) is 0 Å². The number of carbonyl (C=O) groups is 2. The highest BCUT2D eigenvalue weighted by Crippen LogP contribution is 2.03. The van der Waals surface area contributed by atoms with Gasteiger partial charge < -0.3 is 20.8 Å². The minimum absolute atomic E-state index is 0.00708. The van der Waals surface area contributed by atoms with Crippen LogP contribution in [0, 0.1) is 0 Å². The molecule has 0 bridgehead atoms. The first-order chi connectivity index (χ1) is 9.29. The molecule has 0 saturated carbocycles. The second-order valence-electron chi connectivity index (χ2n) is 5.23. The van der Waals surface area contributed by atoms with Gasteiger partial charge in [-0.15, -0.1) is 0 Å². The first kappa shape index (κ1) is 18.7. The van der Waals surface area contributed by atoms with E-state index in [1.54, 1.807) is 0 Å². The Morgan fingerprint density at radius 2 is 1.70 bits per heavy atom. The summed E-state index contributed by atoms with van der Waals surface area (Å²) in [7, 11) is 0. The van der Waals surface area contributed by atoms with Gasteiger partial charge in [0, 0.05) is 38.2 Å². The Morgan fingerprint density at radius 3 is 2.10 bits per heavy atom. The van der Waals surface area contributed by atoms with E-state index in [9.17, 15) is 9.59 Å². The van der Waals surface area contributed by atoms with Gasteiger partial charge >= 0.3 is 12.0 Å². The molecule has 7 heteroatoms. The third kappa shape index (κ3) is 7.30. The molecule has 0 aliphatic carbocycles. The average Bonchev–Trinajstić information content (AvgIpc) is 2.32. The van der Waals surface area contributed by atoms with E-state index in [2.05, 4.69) is 43.2 Å². The van der Waals surface area contributed by atoms with Gasteiger partial charge in [-0.05, 0) is 27.7 Å². The fourth-order valence-corrected chi connectivity index (χ4v) is 2.01. The van der Waals surface area contributed by atoms with Crippen molar-refractivity contribution in [1.82, 2.24) is 15.5 Å². The van der Waals surface area contributed by atoms with Crippen LogP contribution in [0.15, 0.2) is 0 Å². The fraction of sp³-hybridized carbons (Fsp3) is 0.846. The predicted molar refractivity (Wildman–Crippen MR) is 76.6 cm³/mol. The van der Waals surface area contributed by atoms with Gasteiger partial charge in [0.15, 0.2) is 0 Å². The van der Waals surface area contributed by atoms with Crippen molar-refractivity contribution in [2.24, 2.45) is 0 Å².